The van der Waals surface area contributed by atoms with E-state index in [1.165, 1.54) is 11.3 Å². The Balaban J connectivity index is 1.66. The van der Waals surface area contributed by atoms with E-state index in [-0.39, 0.29) is 11.9 Å². The zero-order chi connectivity index (χ0) is 14.5. The maximum Gasteiger partial charge on any atom is 0.252 e. The monoisotopic (exact) mass is 322 g/mol. The van der Waals surface area contributed by atoms with E-state index in [0.29, 0.717) is 6.54 Å². The molecule has 1 fully saturated rings. The topological polar surface area (TPSA) is 45.5 Å². The summed E-state index contributed by atoms with van der Waals surface area (Å²) in [6, 6.07) is 4.03. The van der Waals surface area contributed by atoms with Gasteiger partial charge in [-0.1, -0.05) is 0 Å². The number of carbonyl (C=O) groups excluding carboxylic acids is 1. The molecule has 21 heavy (non-hydrogen) atoms. The van der Waals surface area contributed by atoms with Crippen LogP contribution in [0.15, 0.2) is 39.8 Å². The highest BCUT2D eigenvalue weighted by Crippen LogP contribution is 2.24. The first-order chi connectivity index (χ1) is 10.3. The molecule has 3 heterocycles. The molecule has 0 radical (unpaired) electrons. The van der Waals surface area contributed by atoms with E-state index in [1.807, 2.05) is 34.7 Å². The van der Waals surface area contributed by atoms with Crippen LogP contribution in [0.2, 0.25) is 0 Å². The average Bonchev–Trinajstić information content (AvgIpc) is 3.22. The third kappa shape index (κ3) is 3.70. The van der Waals surface area contributed by atoms with Gasteiger partial charge < -0.3 is 9.73 Å². The summed E-state index contributed by atoms with van der Waals surface area (Å²) in [7, 11) is 0. The second kappa shape index (κ2) is 7.15. The third-order valence-electron chi connectivity index (χ3n) is 3.65. The van der Waals surface area contributed by atoms with Gasteiger partial charge >= 0.3 is 0 Å². The van der Waals surface area contributed by atoms with Crippen LogP contribution < -0.4 is 5.32 Å². The van der Waals surface area contributed by atoms with Crippen LogP contribution in [0.25, 0.3) is 0 Å². The molecule has 6 heteroatoms. The molecular formula is C15H18N2O2S2. The first-order valence-corrected chi connectivity index (χ1v) is 9.08. The van der Waals surface area contributed by atoms with Gasteiger partial charge in [0.15, 0.2) is 0 Å². The number of rotatable bonds is 5. The predicted molar refractivity (Wildman–Crippen MR) is 87.0 cm³/mol. The van der Waals surface area contributed by atoms with E-state index in [0.717, 1.165) is 35.7 Å². The lowest BCUT2D eigenvalue weighted by Crippen LogP contribution is -2.41. The van der Waals surface area contributed by atoms with E-state index in [9.17, 15) is 4.79 Å². The molecule has 2 aromatic rings. The van der Waals surface area contributed by atoms with Gasteiger partial charge in [-0.25, -0.2) is 0 Å². The molecule has 0 unspecified atom stereocenters. The van der Waals surface area contributed by atoms with Crippen LogP contribution in [0.1, 0.15) is 22.0 Å². The molecule has 112 valence electrons. The van der Waals surface area contributed by atoms with Gasteiger partial charge in [-0.2, -0.15) is 23.1 Å². The quantitative estimate of drug-likeness (QED) is 0.919. The lowest BCUT2D eigenvalue weighted by molar-refractivity contribution is 0.0935. The van der Waals surface area contributed by atoms with E-state index in [1.54, 1.807) is 12.5 Å². The van der Waals surface area contributed by atoms with Crippen molar-refractivity contribution in [3.8, 4) is 0 Å². The van der Waals surface area contributed by atoms with Crippen LogP contribution in [0.5, 0.6) is 0 Å². The summed E-state index contributed by atoms with van der Waals surface area (Å²) in [5, 5.41) is 6.84. The summed E-state index contributed by atoms with van der Waals surface area (Å²) < 4.78 is 5.22. The van der Waals surface area contributed by atoms with Crippen LogP contribution in [0, 0.1) is 0 Å². The Bertz CT molecular complexity index is 548. The summed E-state index contributed by atoms with van der Waals surface area (Å²) in [6.45, 7) is 2.71. The lowest BCUT2D eigenvalue weighted by Gasteiger charge is -2.33. The second-order valence-electron chi connectivity index (χ2n) is 4.94. The molecule has 0 aromatic carbocycles. The Hall–Kier alpha value is -1.24. The fraction of sp³-hybridized carbons (Fsp3) is 0.400. The van der Waals surface area contributed by atoms with Gasteiger partial charge in [-0.3, -0.25) is 9.69 Å². The van der Waals surface area contributed by atoms with Gasteiger partial charge in [-0.05, 0) is 17.5 Å². The Morgan fingerprint density at radius 2 is 2.24 bits per heavy atom. The number of hydrogen-bond donors (Lipinski definition) is 1. The lowest BCUT2D eigenvalue weighted by atomic mass is 10.1. The van der Waals surface area contributed by atoms with Gasteiger partial charge in [0, 0.05) is 47.6 Å². The molecule has 1 N–H and O–H groups in total. The molecule has 1 amide bonds. The van der Waals surface area contributed by atoms with Crippen molar-refractivity contribution in [3.63, 3.8) is 0 Å². The molecule has 2 aromatic heterocycles. The minimum absolute atomic E-state index is 0.00358. The van der Waals surface area contributed by atoms with Crippen LogP contribution in [-0.4, -0.2) is 41.9 Å². The highest BCUT2D eigenvalue weighted by molar-refractivity contribution is 7.99. The van der Waals surface area contributed by atoms with Crippen molar-refractivity contribution in [2.24, 2.45) is 0 Å². The van der Waals surface area contributed by atoms with Crippen LogP contribution in [-0.2, 0) is 0 Å². The maximum atomic E-state index is 12.1. The van der Waals surface area contributed by atoms with Crippen LogP contribution in [0.3, 0.4) is 0 Å². The highest BCUT2D eigenvalue weighted by Gasteiger charge is 2.24. The molecule has 1 atom stereocenters. The first-order valence-electron chi connectivity index (χ1n) is 6.99. The van der Waals surface area contributed by atoms with E-state index < -0.39 is 0 Å². The largest absolute Gasteiger partial charge is 0.472 e. The van der Waals surface area contributed by atoms with Crippen molar-refractivity contribution in [3.05, 3.63) is 46.5 Å². The van der Waals surface area contributed by atoms with E-state index in [4.69, 9.17) is 4.42 Å². The molecule has 0 bridgehead atoms. The molecule has 4 nitrogen and oxygen atoms in total. The fourth-order valence-electron chi connectivity index (χ4n) is 2.50. The second-order valence-corrected chi connectivity index (χ2v) is 6.95. The summed E-state index contributed by atoms with van der Waals surface area (Å²) in [5.74, 6) is 2.29. The first kappa shape index (κ1) is 14.7. The van der Waals surface area contributed by atoms with Crippen molar-refractivity contribution < 1.29 is 9.21 Å². The van der Waals surface area contributed by atoms with Crippen molar-refractivity contribution in [1.29, 1.82) is 0 Å². The van der Waals surface area contributed by atoms with Crippen molar-refractivity contribution in [2.75, 3.05) is 31.1 Å². The normalized spacial score (nSPS) is 17.5. The standard InChI is InChI=1S/C15H18N2O2S2/c18-15(13-2-6-21-11-13)16-9-14(12-1-5-19-10-12)17-3-7-20-8-4-17/h1-2,5-6,10-11,14H,3-4,7-9H2,(H,16,18)/t14-/m1/s1. The third-order valence-corrected chi connectivity index (χ3v) is 5.28. The van der Waals surface area contributed by atoms with Crippen molar-refractivity contribution >= 4 is 29.0 Å². The Morgan fingerprint density at radius 3 is 2.90 bits per heavy atom. The number of thiophene rings is 1. The smallest absolute Gasteiger partial charge is 0.252 e. The molecule has 1 aliphatic heterocycles. The number of hydrogen-bond acceptors (Lipinski definition) is 5. The summed E-state index contributed by atoms with van der Waals surface area (Å²) >= 11 is 3.52. The maximum absolute atomic E-state index is 12.1. The van der Waals surface area contributed by atoms with Gasteiger partial charge in [0.2, 0.25) is 0 Å². The minimum Gasteiger partial charge on any atom is -0.472 e. The van der Waals surface area contributed by atoms with Gasteiger partial charge in [0.05, 0.1) is 18.6 Å². The van der Waals surface area contributed by atoms with Gasteiger partial charge in [0.25, 0.3) is 5.91 Å². The van der Waals surface area contributed by atoms with E-state index in [2.05, 4.69) is 10.2 Å². The predicted octanol–water partition coefficient (Wildman–Crippen LogP) is 2.86. The average molecular weight is 322 g/mol. The number of nitrogens with zero attached hydrogens (tertiary/aromatic N) is 1. The summed E-state index contributed by atoms with van der Waals surface area (Å²) in [6.07, 6.45) is 3.48. The van der Waals surface area contributed by atoms with Crippen molar-refractivity contribution in [1.82, 2.24) is 10.2 Å². The zero-order valence-electron chi connectivity index (χ0n) is 11.7. The van der Waals surface area contributed by atoms with Gasteiger partial charge in [0.1, 0.15) is 0 Å². The molecule has 1 aliphatic rings. The number of carbonyl (C=O) groups is 1. The Kier molecular flexibility index (Phi) is 5.00. The summed E-state index contributed by atoms with van der Waals surface area (Å²) in [5.41, 5.74) is 1.87. The highest BCUT2D eigenvalue weighted by atomic mass is 32.2. The molecule has 0 saturated carbocycles. The Morgan fingerprint density at radius 1 is 1.38 bits per heavy atom. The van der Waals surface area contributed by atoms with E-state index >= 15 is 0 Å². The SMILES string of the molecule is O=C(NC[C@H](c1ccoc1)N1CCSCC1)c1ccsc1. The van der Waals surface area contributed by atoms with Crippen LogP contribution >= 0.6 is 23.1 Å². The summed E-state index contributed by atoms with van der Waals surface area (Å²) in [4.78, 5) is 14.5. The van der Waals surface area contributed by atoms with Gasteiger partial charge in [-0.15, -0.1) is 0 Å². The Labute approximate surface area is 132 Å². The molecule has 1 saturated heterocycles. The molecule has 0 aliphatic carbocycles. The molecule has 3 rings (SSSR count). The zero-order valence-corrected chi connectivity index (χ0v) is 13.3. The minimum atomic E-state index is -0.00358. The number of furan rings is 1. The fourth-order valence-corrected chi connectivity index (χ4v) is 4.06. The number of nitrogens with one attached hydrogen (secondary N) is 1. The molecule has 0 spiro atoms. The molecular weight excluding hydrogens is 304 g/mol. The number of amides is 1. The van der Waals surface area contributed by atoms with Crippen molar-refractivity contribution in [2.45, 2.75) is 6.04 Å². The number of thioether (sulfide) groups is 1. The van der Waals surface area contributed by atoms with Crippen LogP contribution in [0.4, 0.5) is 0 Å².